The third-order valence-corrected chi connectivity index (χ3v) is 2.65. The van der Waals surface area contributed by atoms with E-state index in [1.165, 1.54) is 6.92 Å². The molecule has 0 aliphatic rings. The lowest BCUT2D eigenvalue weighted by molar-refractivity contribution is -0.127. The number of nitrogens with one attached hydrogen (secondary N) is 2. The van der Waals surface area contributed by atoms with E-state index in [4.69, 9.17) is 11.6 Å². The average Bonchev–Trinajstić information content (AvgIpc) is 2.28. The van der Waals surface area contributed by atoms with Crippen LogP contribution >= 0.6 is 11.6 Å². The summed E-state index contributed by atoms with van der Waals surface area (Å²) in [4.78, 5) is 22.4. The second kappa shape index (κ2) is 7.01. The van der Waals surface area contributed by atoms with E-state index in [-0.39, 0.29) is 11.8 Å². The molecule has 0 spiro atoms. The van der Waals surface area contributed by atoms with Gasteiger partial charge in [0.15, 0.2) is 0 Å². The predicted octanol–water partition coefficient (Wildman–Crippen LogP) is 1.52. The fraction of sp³-hybridized carbons (Fsp3) is 0.385. The van der Waals surface area contributed by atoms with Crippen LogP contribution in [0.5, 0.6) is 0 Å². The molecular weight excluding hydrogens is 252 g/mol. The fourth-order valence-electron chi connectivity index (χ4n) is 1.55. The number of hydrogen-bond acceptors (Lipinski definition) is 2. The maximum atomic E-state index is 11.6. The largest absolute Gasteiger partial charge is 0.354 e. The van der Waals surface area contributed by atoms with Crippen molar-refractivity contribution < 1.29 is 9.59 Å². The van der Waals surface area contributed by atoms with Crippen LogP contribution < -0.4 is 10.6 Å². The summed E-state index contributed by atoms with van der Waals surface area (Å²) in [6.45, 7) is 3.55. The van der Waals surface area contributed by atoms with Gasteiger partial charge in [0.1, 0.15) is 6.04 Å². The van der Waals surface area contributed by atoms with Crippen LogP contribution in [-0.2, 0) is 16.0 Å². The van der Waals surface area contributed by atoms with Crippen molar-refractivity contribution in [3.8, 4) is 0 Å². The van der Waals surface area contributed by atoms with Gasteiger partial charge in [-0.25, -0.2) is 0 Å². The number of benzene rings is 1. The van der Waals surface area contributed by atoms with Crippen LogP contribution in [0.3, 0.4) is 0 Å². The Labute approximate surface area is 112 Å². The number of halogens is 1. The van der Waals surface area contributed by atoms with Gasteiger partial charge >= 0.3 is 0 Å². The zero-order valence-electron chi connectivity index (χ0n) is 10.5. The molecule has 0 fully saturated rings. The number of rotatable bonds is 5. The first-order valence-electron chi connectivity index (χ1n) is 5.78. The molecule has 0 heterocycles. The normalized spacial score (nSPS) is 11.7. The highest BCUT2D eigenvalue weighted by Gasteiger charge is 2.12. The van der Waals surface area contributed by atoms with Crippen LogP contribution in [-0.4, -0.2) is 24.4 Å². The molecule has 18 heavy (non-hydrogen) atoms. The molecular formula is C13H17ClN2O2. The van der Waals surface area contributed by atoms with E-state index in [1.54, 1.807) is 6.92 Å². The Kier molecular flexibility index (Phi) is 5.65. The van der Waals surface area contributed by atoms with Crippen LogP contribution in [0.15, 0.2) is 24.3 Å². The minimum Gasteiger partial charge on any atom is -0.354 e. The molecule has 4 nitrogen and oxygen atoms in total. The Balaban J connectivity index is 2.33. The quantitative estimate of drug-likeness (QED) is 0.851. The summed E-state index contributed by atoms with van der Waals surface area (Å²) < 4.78 is 0. The highest BCUT2D eigenvalue weighted by Crippen LogP contribution is 2.10. The van der Waals surface area contributed by atoms with Crippen LogP contribution in [0.1, 0.15) is 19.4 Å². The Hall–Kier alpha value is -1.55. The highest BCUT2D eigenvalue weighted by molar-refractivity contribution is 6.30. The van der Waals surface area contributed by atoms with E-state index < -0.39 is 6.04 Å². The summed E-state index contributed by atoms with van der Waals surface area (Å²) in [6.07, 6.45) is 0.707. The topological polar surface area (TPSA) is 58.2 Å². The second-order valence-corrected chi connectivity index (χ2v) is 4.53. The number of hydrogen-bond donors (Lipinski definition) is 2. The minimum absolute atomic E-state index is 0.188. The monoisotopic (exact) mass is 268 g/mol. The number of amides is 2. The SMILES string of the molecule is CC(=O)N[C@H](C)C(=O)NCCc1cccc(Cl)c1. The van der Waals surface area contributed by atoms with Crippen LogP contribution in [0.25, 0.3) is 0 Å². The molecule has 1 atom stereocenters. The number of carbonyl (C=O) groups excluding carboxylic acids is 2. The highest BCUT2D eigenvalue weighted by atomic mass is 35.5. The molecule has 0 aliphatic heterocycles. The molecule has 0 radical (unpaired) electrons. The Bertz CT molecular complexity index is 435. The Morgan fingerprint density at radius 3 is 2.72 bits per heavy atom. The molecule has 0 unspecified atom stereocenters. The van der Waals surface area contributed by atoms with Gasteiger partial charge < -0.3 is 10.6 Å². The van der Waals surface area contributed by atoms with Gasteiger partial charge in [0.25, 0.3) is 0 Å². The molecule has 0 saturated heterocycles. The first kappa shape index (κ1) is 14.5. The van der Waals surface area contributed by atoms with Crippen LogP contribution in [0, 0.1) is 0 Å². The first-order valence-corrected chi connectivity index (χ1v) is 6.16. The van der Waals surface area contributed by atoms with Gasteiger partial charge in [-0.1, -0.05) is 23.7 Å². The van der Waals surface area contributed by atoms with Gasteiger partial charge in [0.2, 0.25) is 11.8 Å². The smallest absolute Gasteiger partial charge is 0.242 e. The molecule has 0 aromatic heterocycles. The third-order valence-electron chi connectivity index (χ3n) is 2.41. The van der Waals surface area contributed by atoms with E-state index in [0.29, 0.717) is 18.0 Å². The molecule has 0 saturated carbocycles. The van der Waals surface area contributed by atoms with Crippen molar-refractivity contribution in [3.63, 3.8) is 0 Å². The van der Waals surface area contributed by atoms with E-state index in [2.05, 4.69) is 10.6 Å². The van der Waals surface area contributed by atoms with Gasteiger partial charge in [-0.3, -0.25) is 9.59 Å². The molecule has 0 aliphatic carbocycles. The van der Waals surface area contributed by atoms with Crippen LogP contribution in [0.2, 0.25) is 5.02 Å². The van der Waals surface area contributed by atoms with Crippen LogP contribution in [0.4, 0.5) is 0 Å². The summed E-state index contributed by atoms with van der Waals surface area (Å²) in [7, 11) is 0. The summed E-state index contributed by atoms with van der Waals surface area (Å²) in [6, 6.07) is 6.99. The standard InChI is InChI=1S/C13H17ClN2O2/c1-9(16-10(2)17)13(18)15-7-6-11-4-3-5-12(14)8-11/h3-5,8-9H,6-7H2,1-2H3,(H,15,18)(H,16,17)/t9-/m1/s1. The lowest BCUT2D eigenvalue weighted by Crippen LogP contribution is -2.44. The molecule has 1 aromatic rings. The minimum atomic E-state index is -0.512. The van der Waals surface area contributed by atoms with E-state index in [0.717, 1.165) is 5.56 Å². The summed E-state index contributed by atoms with van der Waals surface area (Å²) >= 11 is 5.86. The molecule has 1 rings (SSSR count). The Morgan fingerprint density at radius 2 is 2.11 bits per heavy atom. The van der Waals surface area contributed by atoms with E-state index in [9.17, 15) is 9.59 Å². The molecule has 5 heteroatoms. The summed E-state index contributed by atoms with van der Waals surface area (Å²) in [5.74, 6) is -0.403. The van der Waals surface area contributed by atoms with Crippen molar-refractivity contribution in [2.24, 2.45) is 0 Å². The maximum absolute atomic E-state index is 11.6. The van der Waals surface area contributed by atoms with Gasteiger partial charge in [0, 0.05) is 18.5 Å². The van der Waals surface area contributed by atoms with Gasteiger partial charge in [-0.2, -0.15) is 0 Å². The van der Waals surface area contributed by atoms with Gasteiger partial charge in [-0.05, 0) is 31.0 Å². The second-order valence-electron chi connectivity index (χ2n) is 4.09. The lowest BCUT2D eigenvalue weighted by Gasteiger charge is -2.12. The van der Waals surface area contributed by atoms with Crippen molar-refractivity contribution in [2.45, 2.75) is 26.3 Å². The first-order chi connectivity index (χ1) is 8.49. The van der Waals surface area contributed by atoms with Crippen molar-refractivity contribution in [1.29, 1.82) is 0 Å². The van der Waals surface area contributed by atoms with Crippen molar-refractivity contribution in [1.82, 2.24) is 10.6 Å². The Morgan fingerprint density at radius 1 is 1.39 bits per heavy atom. The summed E-state index contributed by atoms with van der Waals surface area (Å²) in [5.41, 5.74) is 1.06. The van der Waals surface area contributed by atoms with E-state index >= 15 is 0 Å². The lowest BCUT2D eigenvalue weighted by atomic mass is 10.1. The third kappa shape index (κ3) is 5.19. The average molecular weight is 269 g/mol. The fourth-order valence-corrected chi connectivity index (χ4v) is 1.76. The molecule has 2 amide bonds. The zero-order valence-corrected chi connectivity index (χ0v) is 11.3. The zero-order chi connectivity index (χ0) is 13.5. The molecule has 0 bridgehead atoms. The molecule has 2 N–H and O–H groups in total. The molecule has 1 aromatic carbocycles. The maximum Gasteiger partial charge on any atom is 0.242 e. The van der Waals surface area contributed by atoms with Crippen molar-refractivity contribution in [2.75, 3.05) is 6.54 Å². The van der Waals surface area contributed by atoms with Crippen molar-refractivity contribution in [3.05, 3.63) is 34.9 Å². The molecule has 98 valence electrons. The van der Waals surface area contributed by atoms with Crippen molar-refractivity contribution >= 4 is 23.4 Å². The van der Waals surface area contributed by atoms with Gasteiger partial charge in [-0.15, -0.1) is 0 Å². The predicted molar refractivity (Wildman–Crippen MR) is 71.4 cm³/mol. The van der Waals surface area contributed by atoms with E-state index in [1.807, 2.05) is 24.3 Å². The van der Waals surface area contributed by atoms with Gasteiger partial charge in [0.05, 0.1) is 0 Å². The summed E-state index contributed by atoms with van der Waals surface area (Å²) in [5, 5.41) is 5.97. The number of carbonyl (C=O) groups is 2.